The van der Waals surface area contributed by atoms with Crippen molar-refractivity contribution in [2.45, 2.75) is 46.0 Å². The number of thiophene rings is 1. The molecule has 2 heterocycles. The SMILES string of the molecule is CCOC(=O)N1CCC(c2cc(-c3ccccc3)sc2C(=O)O)=C(C2CCC(C)CC2)C1. The maximum Gasteiger partial charge on any atom is 0.410 e. The van der Waals surface area contributed by atoms with Gasteiger partial charge in [0.2, 0.25) is 0 Å². The number of carboxylic acid groups (broad SMARTS) is 1. The zero-order chi connectivity index (χ0) is 22.7. The largest absolute Gasteiger partial charge is 0.477 e. The van der Waals surface area contributed by atoms with Crippen LogP contribution in [0.15, 0.2) is 42.0 Å². The first kappa shape index (κ1) is 22.6. The lowest BCUT2D eigenvalue weighted by Crippen LogP contribution is -2.39. The van der Waals surface area contributed by atoms with Crippen LogP contribution in [0, 0.1) is 11.8 Å². The first-order chi connectivity index (χ1) is 15.5. The van der Waals surface area contributed by atoms with Crippen molar-refractivity contribution in [3.8, 4) is 10.4 Å². The second kappa shape index (κ2) is 9.90. The predicted molar refractivity (Wildman–Crippen MR) is 128 cm³/mol. The highest BCUT2D eigenvalue weighted by Gasteiger charge is 2.32. The lowest BCUT2D eigenvalue weighted by Gasteiger charge is -2.36. The van der Waals surface area contributed by atoms with Gasteiger partial charge in [-0.25, -0.2) is 9.59 Å². The summed E-state index contributed by atoms with van der Waals surface area (Å²) in [5.74, 6) is 0.227. The molecule has 0 radical (unpaired) electrons. The van der Waals surface area contributed by atoms with Crippen molar-refractivity contribution < 1.29 is 19.4 Å². The molecule has 1 fully saturated rings. The van der Waals surface area contributed by atoms with Gasteiger partial charge in [0.05, 0.1) is 6.61 Å². The van der Waals surface area contributed by atoms with Crippen molar-refractivity contribution in [3.05, 3.63) is 52.4 Å². The van der Waals surface area contributed by atoms with Crippen molar-refractivity contribution in [1.82, 2.24) is 4.90 Å². The van der Waals surface area contributed by atoms with E-state index in [1.807, 2.05) is 43.3 Å². The highest BCUT2D eigenvalue weighted by Crippen LogP contribution is 2.43. The monoisotopic (exact) mass is 453 g/mol. The molecule has 4 rings (SSSR count). The number of amides is 1. The number of carboxylic acids is 1. The second-order valence-corrected chi connectivity index (χ2v) is 9.91. The number of ether oxygens (including phenoxy) is 1. The molecule has 0 spiro atoms. The molecule has 2 aliphatic rings. The molecule has 0 bridgehead atoms. The summed E-state index contributed by atoms with van der Waals surface area (Å²) in [5, 5.41) is 10.0. The van der Waals surface area contributed by atoms with Gasteiger partial charge in [-0.1, -0.05) is 50.1 Å². The Morgan fingerprint density at radius 1 is 1.16 bits per heavy atom. The molecule has 1 aromatic heterocycles. The lowest BCUT2D eigenvalue weighted by molar-refractivity contribution is 0.0701. The van der Waals surface area contributed by atoms with Crippen LogP contribution in [-0.4, -0.2) is 41.8 Å². The average molecular weight is 454 g/mol. The molecule has 32 heavy (non-hydrogen) atoms. The third-order valence-corrected chi connectivity index (χ3v) is 7.90. The number of benzene rings is 1. The Morgan fingerprint density at radius 2 is 1.88 bits per heavy atom. The fraction of sp³-hybridized carbons (Fsp3) is 0.462. The highest BCUT2D eigenvalue weighted by atomic mass is 32.1. The molecule has 1 aliphatic heterocycles. The van der Waals surface area contributed by atoms with Gasteiger partial charge in [0.15, 0.2) is 0 Å². The summed E-state index contributed by atoms with van der Waals surface area (Å²) >= 11 is 1.34. The molecule has 1 aromatic carbocycles. The van der Waals surface area contributed by atoms with Crippen LogP contribution in [0.4, 0.5) is 4.79 Å². The van der Waals surface area contributed by atoms with E-state index in [1.165, 1.54) is 29.8 Å². The number of carbonyl (C=O) groups excluding carboxylic acids is 1. The van der Waals surface area contributed by atoms with Gasteiger partial charge in [0.1, 0.15) is 4.88 Å². The van der Waals surface area contributed by atoms with E-state index in [0.717, 1.165) is 40.3 Å². The smallest absolute Gasteiger partial charge is 0.410 e. The van der Waals surface area contributed by atoms with Crippen molar-refractivity contribution in [2.75, 3.05) is 19.7 Å². The fourth-order valence-corrected chi connectivity index (χ4v) is 6.00. The summed E-state index contributed by atoms with van der Waals surface area (Å²) in [7, 11) is 0. The Kier molecular flexibility index (Phi) is 6.99. The molecule has 6 heteroatoms. The molecular formula is C26H31NO4S. The Morgan fingerprint density at radius 3 is 2.53 bits per heavy atom. The van der Waals surface area contributed by atoms with E-state index in [4.69, 9.17) is 4.74 Å². The van der Waals surface area contributed by atoms with E-state index in [2.05, 4.69) is 6.92 Å². The van der Waals surface area contributed by atoms with E-state index >= 15 is 0 Å². The summed E-state index contributed by atoms with van der Waals surface area (Å²) in [5.41, 5.74) is 4.22. The first-order valence-electron chi connectivity index (χ1n) is 11.5. The van der Waals surface area contributed by atoms with Crippen LogP contribution in [0.5, 0.6) is 0 Å². The minimum absolute atomic E-state index is 0.276. The molecule has 0 atom stereocenters. The lowest BCUT2D eigenvalue weighted by atomic mass is 9.75. The third kappa shape index (κ3) is 4.75. The summed E-state index contributed by atoms with van der Waals surface area (Å²) in [6, 6.07) is 12.0. The van der Waals surface area contributed by atoms with Crippen LogP contribution in [-0.2, 0) is 4.74 Å². The Hall–Kier alpha value is -2.60. The van der Waals surface area contributed by atoms with E-state index in [0.29, 0.717) is 36.9 Å². The van der Waals surface area contributed by atoms with Crippen molar-refractivity contribution >= 4 is 29.0 Å². The van der Waals surface area contributed by atoms with Gasteiger partial charge < -0.3 is 14.7 Å². The van der Waals surface area contributed by atoms with Crippen LogP contribution in [0.3, 0.4) is 0 Å². The number of hydrogen-bond donors (Lipinski definition) is 1. The normalized spacial score (nSPS) is 21.5. The topological polar surface area (TPSA) is 66.8 Å². The standard InChI is InChI=1S/C26H31NO4S/c1-3-31-26(30)27-14-13-20(22(16-27)18-11-9-17(2)10-12-18)21-15-23(32-24(21)25(28)29)19-7-5-4-6-8-19/h4-8,15,17-18H,3,9-14,16H2,1-2H3,(H,28,29). The highest BCUT2D eigenvalue weighted by molar-refractivity contribution is 7.17. The number of rotatable bonds is 5. The van der Waals surface area contributed by atoms with Crippen molar-refractivity contribution in [1.29, 1.82) is 0 Å². The van der Waals surface area contributed by atoms with Gasteiger partial charge in [0.25, 0.3) is 0 Å². The first-order valence-corrected chi connectivity index (χ1v) is 12.4. The summed E-state index contributed by atoms with van der Waals surface area (Å²) in [6.45, 7) is 5.56. The molecule has 0 saturated heterocycles. The minimum atomic E-state index is -0.885. The fourth-order valence-electron chi connectivity index (χ4n) is 4.97. The number of aromatic carboxylic acids is 1. The predicted octanol–water partition coefficient (Wildman–Crippen LogP) is 6.56. The van der Waals surface area contributed by atoms with Crippen LogP contribution < -0.4 is 0 Å². The summed E-state index contributed by atoms with van der Waals surface area (Å²) in [6.07, 6.45) is 4.91. The Bertz CT molecular complexity index is 1000. The number of hydrogen-bond acceptors (Lipinski definition) is 4. The van der Waals surface area contributed by atoms with Crippen molar-refractivity contribution in [3.63, 3.8) is 0 Å². The van der Waals surface area contributed by atoms with Crippen molar-refractivity contribution in [2.24, 2.45) is 11.8 Å². The molecule has 0 unspecified atom stereocenters. The Labute approximate surface area is 193 Å². The summed E-state index contributed by atoms with van der Waals surface area (Å²) in [4.78, 5) is 27.8. The number of nitrogens with zero attached hydrogens (tertiary/aromatic N) is 1. The molecular weight excluding hydrogens is 422 g/mol. The molecule has 170 valence electrons. The Balaban J connectivity index is 1.77. The number of carbonyl (C=O) groups is 2. The second-order valence-electron chi connectivity index (χ2n) is 8.86. The van der Waals surface area contributed by atoms with Gasteiger partial charge in [-0.2, -0.15) is 0 Å². The maximum atomic E-state index is 12.5. The van der Waals surface area contributed by atoms with Gasteiger partial charge >= 0.3 is 12.1 Å². The zero-order valence-corrected chi connectivity index (χ0v) is 19.6. The third-order valence-electron chi connectivity index (χ3n) is 6.72. The van der Waals surface area contributed by atoms with E-state index in [-0.39, 0.29) is 6.09 Å². The molecule has 5 nitrogen and oxygen atoms in total. The van der Waals surface area contributed by atoms with Crippen LogP contribution >= 0.6 is 11.3 Å². The van der Waals surface area contributed by atoms with Gasteiger partial charge in [-0.15, -0.1) is 11.3 Å². The van der Waals surface area contributed by atoms with Crippen LogP contribution in [0.1, 0.15) is 61.2 Å². The molecule has 2 aromatic rings. The molecule has 1 saturated carbocycles. The quantitative estimate of drug-likeness (QED) is 0.557. The summed E-state index contributed by atoms with van der Waals surface area (Å²) < 4.78 is 5.27. The molecule has 1 N–H and O–H groups in total. The van der Waals surface area contributed by atoms with E-state index < -0.39 is 5.97 Å². The van der Waals surface area contributed by atoms with Crippen LogP contribution in [0.2, 0.25) is 0 Å². The van der Waals surface area contributed by atoms with Gasteiger partial charge in [-0.05, 0) is 60.8 Å². The van der Waals surface area contributed by atoms with Gasteiger partial charge in [-0.3, -0.25) is 0 Å². The minimum Gasteiger partial charge on any atom is -0.477 e. The van der Waals surface area contributed by atoms with Gasteiger partial charge in [0, 0.05) is 23.5 Å². The molecule has 1 amide bonds. The van der Waals surface area contributed by atoms with E-state index in [1.54, 1.807) is 4.90 Å². The zero-order valence-electron chi connectivity index (χ0n) is 18.8. The van der Waals surface area contributed by atoms with Crippen LogP contribution in [0.25, 0.3) is 16.0 Å². The molecule has 1 aliphatic carbocycles. The average Bonchev–Trinajstić information content (AvgIpc) is 3.26. The maximum absolute atomic E-state index is 12.5. The van der Waals surface area contributed by atoms with E-state index in [9.17, 15) is 14.7 Å².